The van der Waals surface area contributed by atoms with Crippen LogP contribution in [-0.2, 0) is 20.8 Å². The average Bonchev–Trinajstić information content (AvgIpc) is 2.97. The number of hydrogen-bond donors (Lipinski definition) is 1. The van der Waals surface area contributed by atoms with Crippen LogP contribution >= 0.6 is 0 Å². The Morgan fingerprint density at radius 1 is 1.18 bits per heavy atom. The van der Waals surface area contributed by atoms with Crippen molar-refractivity contribution in [2.75, 3.05) is 27.4 Å². The second kappa shape index (κ2) is 9.75. The number of Topliss-reactive ketones (excluding diaryl/α,β-unsaturated/α-hetero) is 1. The zero-order valence-electron chi connectivity index (χ0n) is 16.5. The fraction of sp³-hybridized carbons (Fsp3) is 0.333. The summed E-state index contributed by atoms with van der Waals surface area (Å²) < 4.78 is 17.1. The lowest BCUT2D eigenvalue weighted by atomic mass is 10.1. The first-order valence-corrected chi connectivity index (χ1v) is 8.78. The Morgan fingerprint density at radius 3 is 2.61 bits per heavy atom. The normalized spacial score (nSPS) is 11.0. The minimum Gasteiger partial charge on any atom is -0.504 e. The van der Waals surface area contributed by atoms with Crippen LogP contribution in [0.1, 0.15) is 27.3 Å². The van der Waals surface area contributed by atoms with Gasteiger partial charge in [-0.3, -0.25) is 4.79 Å². The number of aryl methyl sites for hydroxylation is 1. The van der Waals surface area contributed by atoms with Crippen molar-refractivity contribution in [3.05, 3.63) is 52.9 Å². The quantitative estimate of drug-likeness (QED) is 0.404. The van der Waals surface area contributed by atoms with E-state index >= 15 is 0 Å². The molecule has 2 aromatic rings. The van der Waals surface area contributed by atoms with Crippen molar-refractivity contribution in [1.82, 2.24) is 4.57 Å². The number of rotatable bonds is 9. The van der Waals surface area contributed by atoms with Crippen LogP contribution in [0.5, 0.6) is 11.5 Å². The Kier molecular flexibility index (Phi) is 7.40. The van der Waals surface area contributed by atoms with Gasteiger partial charge < -0.3 is 23.9 Å². The van der Waals surface area contributed by atoms with Crippen LogP contribution in [0.15, 0.2) is 30.3 Å². The molecule has 0 radical (unpaired) electrons. The molecule has 2 rings (SSSR count). The lowest BCUT2D eigenvalue weighted by Gasteiger charge is -2.08. The van der Waals surface area contributed by atoms with Gasteiger partial charge in [0, 0.05) is 36.7 Å². The fourth-order valence-corrected chi connectivity index (χ4v) is 2.83. The highest BCUT2D eigenvalue weighted by Crippen LogP contribution is 2.26. The number of hydrogen-bond acceptors (Lipinski definition) is 6. The predicted molar refractivity (Wildman–Crippen MR) is 105 cm³/mol. The van der Waals surface area contributed by atoms with E-state index in [-0.39, 0.29) is 18.1 Å². The topological polar surface area (TPSA) is 87.0 Å². The molecule has 0 amide bonds. The third-order valence-corrected chi connectivity index (χ3v) is 4.35. The Bertz CT molecular complexity index is 881. The molecule has 0 aliphatic heterocycles. The SMILES string of the molecule is COCCn1c(C)cc(C(=O)COC(=O)/C=C/c2ccc(O)c(OC)c2)c1C. The van der Waals surface area contributed by atoms with Gasteiger partial charge in [-0.2, -0.15) is 0 Å². The lowest BCUT2D eigenvalue weighted by molar-refractivity contribution is -0.136. The van der Waals surface area contributed by atoms with Crippen molar-refractivity contribution in [1.29, 1.82) is 0 Å². The third-order valence-electron chi connectivity index (χ3n) is 4.35. The lowest BCUT2D eigenvalue weighted by Crippen LogP contribution is -2.14. The van der Waals surface area contributed by atoms with Gasteiger partial charge in [-0.15, -0.1) is 0 Å². The Labute approximate surface area is 164 Å². The van der Waals surface area contributed by atoms with Crippen molar-refractivity contribution >= 4 is 17.8 Å². The zero-order valence-corrected chi connectivity index (χ0v) is 16.5. The first-order valence-electron chi connectivity index (χ1n) is 8.78. The minimum atomic E-state index is -0.631. The monoisotopic (exact) mass is 387 g/mol. The van der Waals surface area contributed by atoms with Gasteiger partial charge in [-0.1, -0.05) is 6.07 Å². The molecule has 0 atom stereocenters. The summed E-state index contributed by atoms with van der Waals surface area (Å²) in [6, 6.07) is 6.47. The van der Waals surface area contributed by atoms with Crippen LogP contribution in [-0.4, -0.2) is 48.9 Å². The molecule has 0 bridgehead atoms. The number of aromatic hydroxyl groups is 1. The number of carbonyl (C=O) groups is 2. The molecule has 1 N–H and O–H groups in total. The number of phenolic OH excluding ortho intramolecular Hbond substituents is 1. The van der Waals surface area contributed by atoms with Crippen LogP contribution in [0, 0.1) is 13.8 Å². The van der Waals surface area contributed by atoms with Crippen molar-refractivity contribution < 1.29 is 28.9 Å². The molecule has 1 aromatic heterocycles. The van der Waals surface area contributed by atoms with Crippen molar-refractivity contribution in [3.8, 4) is 11.5 Å². The highest BCUT2D eigenvalue weighted by Gasteiger charge is 2.16. The first-order chi connectivity index (χ1) is 13.4. The summed E-state index contributed by atoms with van der Waals surface area (Å²) in [7, 11) is 3.07. The number of ether oxygens (including phenoxy) is 3. The smallest absolute Gasteiger partial charge is 0.331 e. The average molecular weight is 387 g/mol. The Morgan fingerprint density at radius 2 is 1.93 bits per heavy atom. The zero-order chi connectivity index (χ0) is 20.7. The molecule has 7 nitrogen and oxygen atoms in total. The molecule has 0 spiro atoms. The molecule has 1 heterocycles. The Balaban J connectivity index is 1.96. The summed E-state index contributed by atoms with van der Waals surface area (Å²) in [6.45, 7) is 4.64. The van der Waals surface area contributed by atoms with E-state index in [4.69, 9.17) is 14.2 Å². The van der Waals surface area contributed by atoms with Crippen LogP contribution in [0.3, 0.4) is 0 Å². The fourth-order valence-electron chi connectivity index (χ4n) is 2.83. The predicted octanol–water partition coefficient (Wildman–Crippen LogP) is 2.90. The van der Waals surface area contributed by atoms with E-state index in [0.29, 0.717) is 30.0 Å². The number of phenols is 1. The number of carbonyl (C=O) groups excluding carboxylic acids is 2. The number of benzene rings is 1. The molecule has 0 unspecified atom stereocenters. The van der Waals surface area contributed by atoms with Gasteiger partial charge in [-0.25, -0.2) is 4.79 Å². The molecule has 7 heteroatoms. The summed E-state index contributed by atoms with van der Waals surface area (Å²) in [5.74, 6) is -0.580. The standard InChI is InChI=1S/C21H25NO6/c1-14-11-17(15(2)22(14)9-10-26-3)19(24)13-28-21(25)8-6-16-5-7-18(23)20(12-16)27-4/h5-8,11-12,23H,9-10,13H2,1-4H3/b8-6+. The summed E-state index contributed by atoms with van der Waals surface area (Å²) in [4.78, 5) is 24.3. The second-order valence-electron chi connectivity index (χ2n) is 6.22. The third kappa shape index (κ3) is 5.23. The van der Waals surface area contributed by atoms with Crippen molar-refractivity contribution in [2.45, 2.75) is 20.4 Å². The van der Waals surface area contributed by atoms with E-state index in [2.05, 4.69) is 0 Å². The van der Waals surface area contributed by atoms with Crippen molar-refractivity contribution in [3.63, 3.8) is 0 Å². The maximum absolute atomic E-state index is 12.4. The molecule has 0 saturated carbocycles. The molecule has 0 aliphatic carbocycles. The first kappa shape index (κ1) is 21.2. The van der Waals surface area contributed by atoms with E-state index in [9.17, 15) is 14.7 Å². The highest BCUT2D eigenvalue weighted by molar-refractivity contribution is 6.00. The number of methoxy groups -OCH3 is 2. The molecular formula is C21H25NO6. The van der Waals surface area contributed by atoms with Crippen LogP contribution in [0.25, 0.3) is 6.08 Å². The van der Waals surface area contributed by atoms with Gasteiger partial charge in [0.25, 0.3) is 0 Å². The summed E-state index contributed by atoms with van der Waals surface area (Å²) in [5.41, 5.74) is 2.96. The molecule has 0 fully saturated rings. The van der Waals surface area contributed by atoms with Gasteiger partial charge >= 0.3 is 5.97 Å². The van der Waals surface area contributed by atoms with E-state index < -0.39 is 5.97 Å². The minimum absolute atomic E-state index is 0.0101. The van der Waals surface area contributed by atoms with E-state index in [1.54, 1.807) is 25.3 Å². The number of esters is 1. The Hall–Kier alpha value is -3.06. The van der Waals surface area contributed by atoms with Gasteiger partial charge in [0.2, 0.25) is 5.78 Å². The number of ketones is 1. The van der Waals surface area contributed by atoms with Crippen LogP contribution < -0.4 is 4.74 Å². The van der Waals surface area contributed by atoms with E-state index in [1.807, 2.05) is 18.4 Å². The molecule has 0 saturated heterocycles. The summed E-state index contributed by atoms with van der Waals surface area (Å²) in [5, 5.41) is 9.57. The molecular weight excluding hydrogens is 362 g/mol. The molecule has 150 valence electrons. The van der Waals surface area contributed by atoms with E-state index in [0.717, 1.165) is 11.4 Å². The molecule has 0 aliphatic rings. The van der Waals surface area contributed by atoms with Crippen molar-refractivity contribution in [2.24, 2.45) is 0 Å². The second-order valence-corrected chi connectivity index (χ2v) is 6.22. The number of nitrogens with zero attached hydrogens (tertiary/aromatic N) is 1. The van der Waals surface area contributed by atoms with Gasteiger partial charge in [0.15, 0.2) is 18.1 Å². The largest absolute Gasteiger partial charge is 0.504 e. The summed E-state index contributed by atoms with van der Waals surface area (Å²) in [6.07, 6.45) is 2.74. The maximum Gasteiger partial charge on any atom is 0.331 e. The molecule has 28 heavy (non-hydrogen) atoms. The van der Waals surface area contributed by atoms with Gasteiger partial charge in [0.05, 0.1) is 13.7 Å². The van der Waals surface area contributed by atoms with Crippen LogP contribution in [0.4, 0.5) is 0 Å². The van der Waals surface area contributed by atoms with Gasteiger partial charge in [-0.05, 0) is 43.7 Å². The van der Waals surface area contributed by atoms with Gasteiger partial charge in [0.1, 0.15) is 0 Å². The van der Waals surface area contributed by atoms with E-state index in [1.165, 1.54) is 25.3 Å². The van der Waals surface area contributed by atoms with Crippen LogP contribution in [0.2, 0.25) is 0 Å². The summed E-state index contributed by atoms with van der Waals surface area (Å²) >= 11 is 0. The maximum atomic E-state index is 12.4. The highest BCUT2D eigenvalue weighted by atomic mass is 16.5. The molecule has 1 aromatic carbocycles. The number of aromatic nitrogens is 1.